The largest absolute Gasteiger partial charge is 0.493 e. The second-order valence-electron chi connectivity index (χ2n) is 5.20. The van der Waals surface area contributed by atoms with Gasteiger partial charge < -0.3 is 19.1 Å². The van der Waals surface area contributed by atoms with Crippen LogP contribution in [0.1, 0.15) is 34.1 Å². The minimum absolute atomic E-state index is 0.0291. The van der Waals surface area contributed by atoms with E-state index in [0.717, 1.165) is 0 Å². The molecule has 2 unspecified atom stereocenters. The van der Waals surface area contributed by atoms with Crippen molar-refractivity contribution >= 4 is 11.8 Å². The van der Waals surface area contributed by atoms with Gasteiger partial charge in [0, 0.05) is 5.57 Å². The summed E-state index contributed by atoms with van der Waals surface area (Å²) in [5.41, 5.74) is -1.56. The summed E-state index contributed by atoms with van der Waals surface area (Å²) >= 11 is 0. The van der Waals surface area contributed by atoms with Crippen molar-refractivity contribution < 1.29 is 33.9 Å². The molecule has 22 heavy (non-hydrogen) atoms. The fraction of sp³-hybridized carbons (Fsp3) is 0.600. The second-order valence-corrected chi connectivity index (χ2v) is 5.20. The van der Waals surface area contributed by atoms with Crippen LogP contribution in [-0.4, -0.2) is 36.8 Å². The van der Waals surface area contributed by atoms with Crippen LogP contribution >= 0.6 is 0 Å². The summed E-state index contributed by atoms with van der Waals surface area (Å²) in [4.78, 5) is 29.0. The highest BCUT2D eigenvalue weighted by molar-refractivity contribution is 6.06. The van der Waals surface area contributed by atoms with Crippen LogP contribution in [-0.2, 0) is 28.7 Å². The molecule has 7 nitrogen and oxygen atoms in total. The Morgan fingerprint density at radius 2 is 1.86 bits per heavy atom. The van der Waals surface area contributed by atoms with Crippen LogP contribution in [0.15, 0.2) is 22.9 Å². The van der Waals surface area contributed by atoms with Gasteiger partial charge in [-0.05, 0) is 20.3 Å². The van der Waals surface area contributed by atoms with E-state index < -0.39 is 17.4 Å². The van der Waals surface area contributed by atoms with E-state index >= 15 is 0 Å². The first-order valence-electron chi connectivity index (χ1n) is 6.91. The lowest BCUT2D eigenvalue weighted by molar-refractivity contribution is -0.212. The fourth-order valence-corrected chi connectivity index (χ4v) is 2.23. The summed E-state index contributed by atoms with van der Waals surface area (Å²) in [6.07, 6.45) is 0.566. The first kappa shape index (κ1) is 18.0. The van der Waals surface area contributed by atoms with E-state index in [4.69, 9.17) is 19.5 Å². The van der Waals surface area contributed by atoms with Gasteiger partial charge in [0.2, 0.25) is 17.1 Å². The zero-order chi connectivity index (χ0) is 17.1. The van der Waals surface area contributed by atoms with Crippen LogP contribution in [0.2, 0.25) is 0 Å². The van der Waals surface area contributed by atoms with Gasteiger partial charge in [0.15, 0.2) is 11.5 Å². The van der Waals surface area contributed by atoms with Crippen molar-refractivity contribution in [1.82, 2.24) is 0 Å². The molecule has 0 saturated heterocycles. The van der Waals surface area contributed by atoms with Gasteiger partial charge in [-0.3, -0.25) is 9.59 Å². The van der Waals surface area contributed by atoms with Gasteiger partial charge >= 0.3 is 5.97 Å². The normalized spacial score (nSPS) is 23.3. The predicted octanol–water partition coefficient (Wildman–Crippen LogP) is 2.19. The van der Waals surface area contributed by atoms with Crippen LogP contribution in [0.25, 0.3) is 0 Å². The van der Waals surface area contributed by atoms with Crippen LogP contribution in [0.4, 0.5) is 0 Å². The molecule has 1 rings (SSSR count). The maximum Gasteiger partial charge on any atom is 0.310 e. The molecule has 0 heterocycles. The monoisotopic (exact) mass is 314 g/mol. The molecule has 124 valence electrons. The lowest BCUT2D eigenvalue weighted by Crippen LogP contribution is -2.47. The topological polar surface area (TPSA) is 91.3 Å². The molecule has 0 amide bonds. The molecular formula is C15H22O7. The summed E-state index contributed by atoms with van der Waals surface area (Å²) in [5, 5.41) is 9.12. The molecule has 2 atom stereocenters. The number of carbonyl (C=O) groups excluding carboxylic acids is 2. The second kappa shape index (κ2) is 6.83. The predicted molar refractivity (Wildman–Crippen MR) is 76.4 cm³/mol. The van der Waals surface area contributed by atoms with E-state index in [2.05, 4.69) is 4.89 Å². The molecule has 0 saturated carbocycles. The van der Waals surface area contributed by atoms with Gasteiger partial charge in [-0.25, -0.2) is 5.26 Å². The number of ketones is 1. The molecule has 0 aromatic carbocycles. The summed E-state index contributed by atoms with van der Waals surface area (Å²) in [6.45, 7) is 6.41. The summed E-state index contributed by atoms with van der Waals surface area (Å²) in [7, 11) is 2.61. The molecule has 0 aliphatic heterocycles. The molecule has 0 aromatic heterocycles. The highest BCUT2D eigenvalue weighted by Gasteiger charge is 2.51. The van der Waals surface area contributed by atoms with Crippen molar-refractivity contribution in [2.75, 3.05) is 14.2 Å². The quantitative estimate of drug-likeness (QED) is 0.456. The zero-order valence-electron chi connectivity index (χ0n) is 13.7. The fourth-order valence-electron chi connectivity index (χ4n) is 2.23. The SMILES string of the molecule is CCC(C)C(=O)OC1(C)C(=O)C(C)=C(OC)C(OO)=C1OC. The smallest absolute Gasteiger partial charge is 0.310 e. The Kier molecular flexibility index (Phi) is 5.59. The van der Waals surface area contributed by atoms with Crippen LogP contribution in [0.5, 0.6) is 0 Å². The lowest BCUT2D eigenvalue weighted by Gasteiger charge is -2.34. The number of methoxy groups -OCH3 is 2. The minimum Gasteiger partial charge on any atom is -0.493 e. The van der Waals surface area contributed by atoms with E-state index in [9.17, 15) is 9.59 Å². The summed E-state index contributed by atoms with van der Waals surface area (Å²) < 4.78 is 15.6. The number of Topliss-reactive ketones (excluding diaryl/α,β-unsaturated/α-hetero) is 1. The lowest BCUT2D eigenvalue weighted by atomic mass is 9.86. The third-order valence-corrected chi connectivity index (χ3v) is 3.78. The summed E-state index contributed by atoms with van der Waals surface area (Å²) in [5.74, 6) is -1.71. The maximum atomic E-state index is 12.6. The molecule has 0 spiro atoms. The van der Waals surface area contributed by atoms with Gasteiger partial charge in [0.25, 0.3) is 0 Å². The first-order chi connectivity index (χ1) is 10.3. The van der Waals surface area contributed by atoms with E-state index in [1.807, 2.05) is 6.92 Å². The van der Waals surface area contributed by atoms with E-state index in [1.54, 1.807) is 6.92 Å². The highest BCUT2D eigenvalue weighted by atomic mass is 17.1. The van der Waals surface area contributed by atoms with Gasteiger partial charge in [0.05, 0.1) is 20.1 Å². The molecule has 0 aromatic rings. The first-order valence-corrected chi connectivity index (χ1v) is 6.91. The van der Waals surface area contributed by atoms with Crippen LogP contribution in [0, 0.1) is 5.92 Å². The molecule has 1 N–H and O–H groups in total. The number of hydrogen-bond acceptors (Lipinski definition) is 7. The Bertz CT molecular complexity index is 532. The third-order valence-electron chi connectivity index (χ3n) is 3.78. The Morgan fingerprint density at radius 1 is 1.27 bits per heavy atom. The van der Waals surface area contributed by atoms with E-state index in [0.29, 0.717) is 6.42 Å². The highest BCUT2D eigenvalue weighted by Crippen LogP contribution is 2.38. The van der Waals surface area contributed by atoms with Gasteiger partial charge in [0.1, 0.15) is 0 Å². The zero-order valence-corrected chi connectivity index (χ0v) is 13.7. The minimum atomic E-state index is -1.72. The standard InChI is InChI=1S/C15H22O7/c1-7-8(2)14(17)21-15(4)12(16)9(3)10(19-5)11(22-18)13(15)20-6/h8,18H,7H2,1-6H3. The Morgan fingerprint density at radius 3 is 2.27 bits per heavy atom. The third kappa shape index (κ3) is 2.81. The number of hydrogen-bond donors (Lipinski definition) is 1. The molecule has 0 fully saturated rings. The van der Waals surface area contributed by atoms with Gasteiger partial charge in [-0.1, -0.05) is 13.8 Å². The van der Waals surface area contributed by atoms with E-state index in [1.165, 1.54) is 28.1 Å². The number of ether oxygens (including phenoxy) is 3. The van der Waals surface area contributed by atoms with Crippen molar-refractivity contribution in [3.63, 3.8) is 0 Å². The average molecular weight is 314 g/mol. The molecule has 0 radical (unpaired) electrons. The number of rotatable bonds is 6. The Hall–Kier alpha value is -2.02. The number of carbonyl (C=O) groups is 2. The molecular weight excluding hydrogens is 292 g/mol. The Labute approximate surface area is 129 Å². The molecule has 7 heteroatoms. The van der Waals surface area contributed by atoms with Gasteiger partial charge in [-0.15, -0.1) is 0 Å². The van der Waals surface area contributed by atoms with Crippen molar-refractivity contribution in [2.24, 2.45) is 5.92 Å². The molecule has 1 aliphatic carbocycles. The van der Waals surface area contributed by atoms with E-state index in [-0.39, 0.29) is 28.8 Å². The Balaban J connectivity index is 3.40. The van der Waals surface area contributed by atoms with Gasteiger partial charge in [-0.2, -0.15) is 0 Å². The summed E-state index contributed by atoms with van der Waals surface area (Å²) in [6, 6.07) is 0. The van der Waals surface area contributed by atoms with Crippen LogP contribution < -0.4 is 0 Å². The van der Waals surface area contributed by atoms with Crippen molar-refractivity contribution in [2.45, 2.75) is 39.7 Å². The van der Waals surface area contributed by atoms with Crippen LogP contribution in [0.3, 0.4) is 0 Å². The van der Waals surface area contributed by atoms with Crippen molar-refractivity contribution in [3.8, 4) is 0 Å². The maximum absolute atomic E-state index is 12.6. The molecule has 0 bridgehead atoms. The van der Waals surface area contributed by atoms with Crippen molar-refractivity contribution in [3.05, 3.63) is 22.9 Å². The number of esters is 1. The average Bonchev–Trinajstić information content (AvgIpc) is 2.51. The van der Waals surface area contributed by atoms with Crippen molar-refractivity contribution in [1.29, 1.82) is 0 Å². The molecule has 1 aliphatic rings.